The Morgan fingerprint density at radius 2 is 2.20 bits per heavy atom. The molecule has 3 atom stereocenters. The zero-order valence-corrected chi connectivity index (χ0v) is 10.5. The van der Waals surface area contributed by atoms with Crippen LogP contribution in [0.5, 0.6) is 0 Å². The van der Waals surface area contributed by atoms with Crippen molar-refractivity contribution in [3.63, 3.8) is 0 Å². The van der Waals surface area contributed by atoms with Gasteiger partial charge in [-0.3, -0.25) is 0 Å². The van der Waals surface area contributed by atoms with E-state index in [2.05, 4.69) is 31.4 Å². The molecule has 0 amide bonds. The molecule has 2 rings (SSSR count). The predicted octanol–water partition coefficient (Wildman–Crippen LogP) is 2.15. The molecule has 1 heterocycles. The van der Waals surface area contributed by atoms with Crippen molar-refractivity contribution in [3.8, 4) is 0 Å². The SMILES string of the molecule is CCC1CC1NCC1NCCCC1(C)C. The van der Waals surface area contributed by atoms with Crippen LogP contribution < -0.4 is 10.6 Å². The van der Waals surface area contributed by atoms with Crippen LogP contribution in [0.3, 0.4) is 0 Å². The van der Waals surface area contributed by atoms with Gasteiger partial charge in [-0.1, -0.05) is 27.2 Å². The summed E-state index contributed by atoms with van der Waals surface area (Å²) in [5, 5.41) is 7.38. The molecule has 1 aliphatic heterocycles. The van der Waals surface area contributed by atoms with Crippen molar-refractivity contribution in [1.82, 2.24) is 10.6 Å². The minimum atomic E-state index is 0.474. The monoisotopic (exact) mass is 210 g/mol. The van der Waals surface area contributed by atoms with E-state index in [1.165, 1.54) is 32.2 Å². The molecule has 88 valence electrons. The van der Waals surface area contributed by atoms with Crippen LogP contribution in [0.15, 0.2) is 0 Å². The molecule has 0 aromatic heterocycles. The lowest BCUT2D eigenvalue weighted by Gasteiger charge is -2.39. The Morgan fingerprint density at radius 3 is 2.80 bits per heavy atom. The Labute approximate surface area is 94.2 Å². The van der Waals surface area contributed by atoms with Crippen molar-refractivity contribution in [2.45, 2.75) is 58.5 Å². The van der Waals surface area contributed by atoms with Crippen LogP contribution in [0.1, 0.15) is 46.5 Å². The van der Waals surface area contributed by atoms with Crippen molar-refractivity contribution in [1.29, 1.82) is 0 Å². The second kappa shape index (κ2) is 4.42. The molecule has 0 aromatic rings. The van der Waals surface area contributed by atoms with Crippen molar-refractivity contribution < 1.29 is 0 Å². The molecule has 2 nitrogen and oxygen atoms in total. The molecule has 2 fully saturated rings. The molecule has 2 heteroatoms. The summed E-state index contributed by atoms with van der Waals surface area (Å²) in [6.07, 6.45) is 5.46. The summed E-state index contributed by atoms with van der Waals surface area (Å²) in [7, 11) is 0. The molecule has 0 aromatic carbocycles. The minimum Gasteiger partial charge on any atom is -0.312 e. The van der Waals surface area contributed by atoms with E-state index in [1.54, 1.807) is 0 Å². The summed E-state index contributed by atoms with van der Waals surface area (Å²) in [4.78, 5) is 0. The van der Waals surface area contributed by atoms with E-state index in [-0.39, 0.29) is 0 Å². The minimum absolute atomic E-state index is 0.474. The lowest BCUT2D eigenvalue weighted by Crippen LogP contribution is -2.52. The number of hydrogen-bond donors (Lipinski definition) is 2. The normalized spacial score (nSPS) is 39.0. The predicted molar refractivity (Wildman–Crippen MR) is 65.0 cm³/mol. The van der Waals surface area contributed by atoms with Gasteiger partial charge >= 0.3 is 0 Å². The van der Waals surface area contributed by atoms with E-state index < -0.39 is 0 Å². The van der Waals surface area contributed by atoms with E-state index in [0.717, 1.165) is 18.5 Å². The fourth-order valence-electron chi connectivity index (χ4n) is 2.84. The van der Waals surface area contributed by atoms with Gasteiger partial charge in [0.1, 0.15) is 0 Å². The Bertz CT molecular complexity index is 213. The highest BCUT2D eigenvalue weighted by atomic mass is 15.0. The van der Waals surface area contributed by atoms with Crippen LogP contribution in [0, 0.1) is 11.3 Å². The lowest BCUT2D eigenvalue weighted by atomic mass is 9.77. The molecular formula is C13H26N2. The largest absolute Gasteiger partial charge is 0.312 e. The molecule has 3 unspecified atom stereocenters. The average molecular weight is 210 g/mol. The van der Waals surface area contributed by atoms with Gasteiger partial charge in [0, 0.05) is 18.6 Å². The fourth-order valence-corrected chi connectivity index (χ4v) is 2.84. The molecule has 1 aliphatic carbocycles. The summed E-state index contributed by atoms with van der Waals surface area (Å²) >= 11 is 0. The Kier molecular flexibility index (Phi) is 3.36. The third kappa shape index (κ3) is 2.73. The van der Waals surface area contributed by atoms with E-state index in [1.807, 2.05) is 0 Å². The number of nitrogens with one attached hydrogen (secondary N) is 2. The molecule has 2 N–H and O–H groups in total. The number of piperidine rings is 1. The maximum absolute atomic E-state index is 3.72. The lowest BCUT2D eigenvalue weighted by molar-refractivity contribution is 0.175. The van der Waals surface area contributed by atoms with Crippen molar-refractivity contribution in [2.24, 2.45) is 11.3 Å². The molecule has 0 radical (unpaired) electrons. The summed E-state index contributed by atoms with van der Waals surface area (Å²) in [6.45, 7) is 9.46. The van der Waals surface area contributed by atoms with Crippen LogP contribution in [-0.4, -0.2) is 25.2 Å². The third-order valence-corrected chi connectivity index (χ3v) is 4.36. The van der Waals surface area contributed by atoms with Gasteiger partial charge in [0.25, 0.3) is 0 Å². The Morgan fingerprint density at radius 1 is 1.40 bits per heavy atom. The van der Waals surface area contributed by atoms with Crippen LogP contribution in [0.25, 0.3) is 0 Å². The first kappa shape index (κ1) is 11.4. The second-order valence-electron chi connectivity index (χ2n) is 6.02. The molecular weight excluding hydrogens is 184 g/mol. The quantitative estimate of drug-likeness (QED) is 0.743. The first-order valence-electron chi connectivity index (χ1n) is 6.60. The summed E-state index contributed by atoms with van der Waals surface area (Å²) in [6, 6.07) is 1.50. The molecule has 0 spiro atoms. The maximum atomic E-state index is 3.72. The van der Waals surface area contributed by atoms with Gasteiger partial charge in [-0.05, 0) is 37.1 Å². The Balaban J connectivity index is 1.73. The van der Waals surface area contributed by atoms with Crippen molar-refractivity contribution in [3.05, 3.63) is 0 Å². The van der Waals surface area contributed by atoms with Gasteiger partial charge in [0.2, 0.25) is 0 Å². The smallest absolute Gasteiger partial charge is 0.0243 e. The fraction of sp³-hybridized carbons (Fsp3) is 1.00. The average Bonchev–Trinajstić information content (AvgIpc) is 2.94. The van der Waals surface area contributed by atoms with Crippen LogP contribution in [0.4, 0.5) is 0 Å². The zero-order chi connectivity index (χ0) is 10.9. The van der Waals surface area contributed by atoms with Crippen LogP contribution >= 0.6 is 0 Å². The zero-order valence-electron chi connectivity index (χ0n) is 10.5. The van der Waals surface area contributed by atoms with E-state index >= 15 is 0 Å². The van der Waals surface area contributed by atoms with Crippen molar-refractivity contribution in [2.75, 3.05) is 13.1 Å². The Hall–Kier alpha value is -0.0800. The van der Waals surface area contributed by atoms with Crippen molar-refractivity contribution >= 4 is 0 Å². The van der Waals surface area contributed by atoms with E-state index in [4.69, 9.17) is 0 Å². The standard InChI is InChI=1S/C13H26N2/c1-4-10-8-11(10)15-9-12-13(2,3)6-5-7-14-12/h10-12,14-15H,4-9H2,1-3H3. The molecule has 1 saturated heterocycles. The van der Waals surface area contributed by atoms with Crippen LogP contribution in [0.2, 0.25) is 0 Å². The third-order valence-electron chi connectivity index (χ3n) is 4.36. The number of rotatable bonds is 4. The molecule has 1 saturated carbocycles. The van der Waals surface area contributed by atoms with Gasteiger partial charge in [-0.25, -0.2) is 0 Å². The van der Waals surface area contributed by atoms with Gasteiger partial charge < -0.3 is 10.6 Å². The molecule has 0 bridgehead atoms. The van der Waals surface area contributed by atoms with Gasteiger partial charge in [-0.15, -0.1) is 0 Å². The first-order valence-corrected chi connectivity index (χ1v) is 6.60. The van der Waals surface area contributed by atoms with Gasteiger partial charge in [0.15, 0.2) is 0 Å². The second-order valence-corrected chi connectivity index (χ2v) is 6.02. The topological polar surface area (TPSA) is 24.1 Å². The highest BCUT2D eigenvalue weighted by Gasteiger charge is 2.37. The summed E-state index contributed by atoms with van der Waals surface area (Å²) < 4.78 is 0. The highest BCUT2D eigenvalue weighted by Crippen LogP contribution is 2.34. The molecule has 2 aliphatic rings. The maximum Gasteiger partial charge on any atom is 0.0243 e. The van der Waals surface area contributed by atoms with E-state index in [9.17, 15) is 0 Å². The van der Waals surface area contributed by atoms with E-state index in [0.29, 0.717) is 11.5 Å². The summed E-state index contributed by atoms with van der Waals surface area (Å²) in [5.74, 6) is 0.969. The van der Waals surface area contributed by atoms with Gasteiger partial charge in [0.05, 0.1) is 0 Å². The first-order chi connectivity index (χ1) is 7.13. The number of hydrogen-bond acceptors (Lipinski definition) is 2. The summed E-state index contributed by atoms with van der Waals surface area (Å²) in [5.41, 5.74) is 0.474. The highest BCUT2D eigenvalue weighted by molar-refractivity contribution is 4.96. The van der Waals surface area contributed by atoms with Crippen LogP contribution in [-0.2, 0) is 0 Å². The molecule has 15 heavy (non-hydrogen) atoms. The van der Waals surface area contributed by atoms with Gasteiger partial charge in [-0.2, -0.15) is 0 Å².